The highest BCUT2D eigenvalue weighted by molar-refractivity contribution is 5.89. The summed E-state index contributed by atoms with van der Waals surface area (Å²) in [5.74, 6) is 2.85. The smallest absolute Gasteiger partial charge is 0.394 e. The van der Waals surface area contributed by atoms with Crippen molar-refractivity contribution in [1.29, 1.82) is 0 Å². The number of ether oxygens (including phenoxy) is 1. The summed E-state index contributed by atoms with van der Waals surface area (Å²) in [6.07, 6.45) is -5.77. The summed E-state index contributed by atoms with van der Waals surface area (Å²) in [4.78, 5) is 21.3. The SMILES string of the molecule is O=C(NCC#Cc1cn(C2CC(O)C(CO)O2)c2ccc([N+](=O)[O-])cc12)C(F)(F)F. The number of non-ortho nitro benzene ring substituents is 1. The maximum Gasteiger partial charge on any atom is 0.471 e. The van der Waals surface area contributed by atoms with Gasteiger partial charge in [0.05, 0.1) is 35.3 Å². The molecule has 1 aliphatic rings. The van der Waals surface area contributed by atoms with Crippen molar-refractivity contribution >= 4 is 22.5 Å². The van der Waals surface area contributed by atoms with E-state index in [2.05, 4.69) is 11.8 Å². The molecule has 1 aromatic heterocycles. The molecular weight excluding hydrogens is 411 g/mol. The number of carbonyl (C=O) groups is 1. The number of aromatic nitrogens is 1. The molecular formula is C18H16F3N3O6. The van der Waals surface area contributed by atoms with Crippen LogP contribution in [0.1, 0.15) is 18.2 Å². The highest BCUT2D eigenvalue weighted by Gasteiger charge is 2.38. The Morgan fingerprint density at radius 1 is 1.43 bits per heavy atom. The predicted octanol–water partition coefficient (Wildman–Crippen LogP) is 1.22. The summed E-state index contributed by atoms with van der Waals surface area (Å²) in [5, 5.41) is 32.3. The average molecular weight is 427 g/mol. The molecule has 1 amide bonds. The first-order chi connectivity index (χ1) is 14.1. The molecule has 0 radical (unpaired) electrons. The molecule has 12 heteroatoms. The lowest BCUT2D eigenvalue weighted by molar-refractivity contribution is -0.384. The minimum atomic E-state index is -5.03. The van der Waals surface area contributed by atoms with Crippen LogP contribution in [0.3, 0.4) is 0 Å². The van der Waals surface area contributed by atoms with Gasteiger partial charge >= 0.3 is 12.1 Å². The number of fused-ring (bicyclic) bond motifs is 1. The molecule has 3 atom stereocenters. The molecule has 1 saturated heterocycles. The number of hydrogen-bond donors (Lipinski definition) is 3. The van der Waals surface area contributed by atoms with Gasteiger partial charge in [0.25, 0.3) is 5.69 Å². The second-order valence-electron chi connectivity index (χ2n) is 6.51. The number of benzene rings is 1. The fourth-order valence-electron chi connectivity index (χ4n) is 3.11. The van der Waals surface area contributed by atoms with Gasteiger partial charge < -0.3 is 24.8 Å². The van der Waals surface area contributed by atoms with Crippen molar-refractivity contribution in [3.05, 3.63) is 40.1 Å². The van der Waals surface area contributed by atoms with E-state index in [0.717, 1.165) is 0 Å². The van der Waals surface area contributed by atoms with Gasteiger partial charge in [0.2, 0.25) is 0 Å². The van der Waals surface area contributed by atoms with Gasteiger partial charge in [-0.1, -0.05) is 11.8 Å². The van der Waals surface area contributed by atoms with E-state index < -0.39 is 48.6 Å². The van der Waals surface area contributed by atoms with Crippen molar-refractivity contribution in [3.8, 4) is 11.8 Å². The maximum absolute atomic E-state index is 12.2. The number of nitrogens with one attached hydrogen (secondary N) is 1. The van der Waals surface area contributed by atoms with Gasteiger partial charge in [-0.25, -0.2) is 0 Å². The Morgan fingerprint density at radius 3 is 2.77 bits per heavy atom. The van der Waals surface area contributed by atoms with Crippen LogP contribution in [-0.2, 0) is 9.53 Å². The number of halogens is 3. The molecule has 9 nitrogen and oxygen atoms in total. The molecule has 3 rings (SSSR count). The minimum absolute atomic E-state index is 0.153. The van der Waals surface area contributed by atoms with Gasteiger partial charge in [-0.05, 0) is 6.07 Å². The van der Waals surface area contributed by atoms with Crippen molar-refractivity contribution in [3.63, 3.8) is 0 Å². The number of rotatable bonds is 4. The molecule has 1 fully saturated rings. The normalized spacial score (nSPS) is 21.3. The Balaban J connectivity index is 1.94. The van der Waals surface area contributed by atoms with Crippen molar-refractivity contribution in [2.45, 2.75) is 31.0 Å². The second kappa shape index (κ2) is 8.31. The monoisotopic (exact) mass is 427 g/mol. The molecule has 0 aliphatic carbocycles. The molecule has 30 heavy (non-hydrogen) atoms. The molecule has 2 heterocycles. The van der Waals surface area contributed by atoms with Gasteiger partial charge in [0.15, 0.2) is 0 Å². The second-order valence-corrected chi connectivity index (χ2v) is 6.51. The topological polar surface area (TPSA) is 127 Å². The number of amides is 1. The van der Waals surface area contributed by atoms with E-state index in [1.807, 2.05) is 0 Å². The third-order valence-corrected chi connectivity index (χ3v) is 4.54. The lowest BCUT2D eigenvalue weighted by Crippen LogP contribution is -2.36. The molecule has 1 aliphatic heterocycles. The van der Waals surface area contributed by atoms with Gasteiger partial charge in [-0.3, -0.25) is 14.9 Å². The molecule has 1 aromatic carbocycles. The minimum Gasteiger partial charge on any atom is -0.394 e. The van der Waals surface area contributed by atoms with E-state index in [1.165, 1.54) is 24.4 Å². The summed E-state index contributed by atoms with van der Waals surface area (Å²) in [5.41, 5.74) is 0.537. The van der Waals surface area contributed by atoms with Crippen LogP contribution < -0.4 is 5.32 Å². The Morgan fingerprint density at radius 2 is 2.17 bits per heavy atom. The van der Waals surface area contributed by atoms with Crippen molar-refractivity contribution in [2.75, 3.05) is 13.2 Å². The molecule has 3 unspecified atom stereocenters. The average Bonchev–Trinajstić information content (AvgIpc) is 3.23. The van der Waals surface area contributed by atoms with E-state index in [1.54, 1.807) is 9.88 Å². The zero-order valence-electron chi connectivity index (χ0n) is 15.2. The number of alkyl halides is 3. The van der Waals surface area contributed by atoms with Crippen LogP contribution in [0.5, 0.6) is 0 Å². The summed E-state index contributed by atoms with van der Waals surface area (Å²) in [6.45, 7) is -0.973. The number of nitro groups is 1. The highest BCUT2D eigenvalue weighted by Crippen LogP contribution is 2.34. The van der Waals surface area contributed by atoms with E-state index >= 15 is 0 Å². The van der Waals surface area contributed by atoms with Crippen LogP contribution in [0.4, 0.5) is 18.9 Å². The number of nitrogens with zero attached hydrogens (tertiary/aromatic N) is 2. The molecule has 0 saturated carbocycles. The fourth-order valence-corrected chi connectivity index (χ4v) is 3.11. The maximum atomic E-state index is 12.2. The number of carbonyl (C=O) groups excluding carboxylic acids is 1. The number of hydrogen-bond acceptors (Lipinski definition) is 6. The predicted molar refractivity (Wildman–Crippen MR) is 96.2 cm³/mol. The lowest BCUT2D eigenvalue weighted by atomic mass is 10.1. The van der Waals surface area contributed by atoms with Crippen LogP contribution in [0.2, 0.25) is 0 Å². The molecule has 0 spiro atoms. The first-order valence-electron chi connectivity index (χ1n) is 8.69. The zero-order chi connectivity index (χ0) is 22.1. The Hall–Kier alpha value is -3.14. The van der Waals surface area contributed by atoms with Crippen molar-refractivity contribution in [1.82, 2.24) is 9.88 Å². The molecule has 3 N–H and O–H groups in total. The summed E-state index contributed by atoms with van der Waals surface area (Å²) < 4.78 is 43.8. The Kier molecular flexibility index (Phi) is 5.97. The Labute approximate surface area is 167 Å². The first kappa shape index (κ1) is 21.6. The number of aliphatic hydroxyl groups excluding tert-OH is 2. The van der Waals surface area contributed by atoms with E-state index in [0.29, 0.717) is 10.9 Å². The van der Waals surface area contributed by atoms with E-state index in [4.69, 9.17) is 4.74 Å². The van der Waals surface area contributed by atoms with Crippen LogP contribution in [0, 0.1) is 22.0 Å². The van der Waals surface area contributed by atoms with Crippen LogP contribution in [-0.4, -0.2) is 57.1 Å². The van der Waals surface area contributed by atoms with Crippen LogP contribution in [0.25, 0.3) is 10.9 Å². The zero-order valence-corrected chi connectivity index (χ0v) is 15.2. The third kappa shape index (κ3) is 4.38. The van der Waals surface area contributed by atoms with E-state index in [-0.39, 0.29) is 17.7 Å². The first-order valence-corrected chi connectivity index (χ1v) is 8.69. The van der Waals surface area contributed by atoms with Gasteiger partial charge in [-0.15, -0.1) is 0 Å². The summed E-state index contributed by atoms with van der Waals surface area (Å²) in [6, 6.07) is 4.00. The van der Waals surface area contributed by atoms with Gasteiger partial charge in [0.1, 0.15) is 12.3 Å². The quantitative estimate of drug-likeness (QED) is 0.383. The summed E-state index contributed by atoms with van der Waals surface area (Å²) >= 11 is 0. The number of nitro benzene ring substituents is 1. The highest BCUT2D eigenvalue weighted by atomic mass is 19.4. The fraction of sp³-hybridized carbons (Fsp3) is 0.389. The van der Waals surface area contributed by atoms with Crippen molar-refractivity contribution < 1.29 is 37.8 Å². The molecule has 2 aromatic rings. The number of aliphatic hydroxyl groups is 2. The van der Waals surface area contributed by atoms with Crippen LogP contribution in [0.15, 0.2) is 24.4 Å². The largest absolute Gasteiger partial charge is 0.471 e. The standard InChI is InChI=1S/C18H16F3N3O6/c19-18(20,21)17(27)22-5-1-2-10-8-23(16-7-14(26)15(9-25)30-16)13-4-3-11(24(28)29)6-12(10)13/h3-4,6,8,14-16,25-26H,5,7,9H2,(H,22,27). The lowest BCUT2D eigenvalue weighted by Gasteiger charge is -2.14. The van der Waals surface area contributed by atoms with E-state index in [9.17, 15) is 38.3 Å². The summed E-state index contributed by atoms with van der Waals surface area (Å²) in [7, 11) is 0. The third-order valence-electron chi connectivity index (χ3n) is 4.54. The van der Waals surface area contributed by atoms with Crippen molar-refractivity contribution in [2.24, 2.45) is 0 Å². The van der Waals surface area contributed by atoms with Gasteiger partial charge in [0, 0.05) is 30.1 Å². The van der Waals surface area contributed by atoms with Crippen LogP contribution >= 0.6 is 0 Å². The van der Waals surface area contributed by atoms with Gasteiger partial charge in [-0.2, -0.15) is 13.2 Å². The Bertz CT molecular complexity index is 1040. The molecule has 160 valence electrons. The molecule has 0 bridgehead atoms.